The molecule has 2 heterocycles. The number of rotatable bonds is 8. The van der Waals surface area contributed by atoms with Gasteiger partial charge >= 0.3 is 0 Å². The van der Waals surface area contributed by atoms with Gasteiger partial charge in [-0.2, -0.15) is 5.26 Å². The Bertz CT molecular complexity index is 1410. The molecule has 176 valence electrons. The fourth-order valence-electron chi connectivity index (χ4n) is 4.26. The van der Waals surface area contributed by atoms with Gasteiger partial charge in [-0.15, -0.1) is 0 Å². The van der Waals surface area contributed by atoms with E-state index in [1.54, 1.807) is 4.57 Å². The summed E-state index contributed by atoms with van der Waals surface area (Å²) in [6, 6.07) is 21.9. The van der Waals surface area contributed by atoms with E-state index in [4.69, 9.17) is 4.98 Å². The quantitative estimate of drug-likeness (QED) is 0.333. The monoisotopic (exact) mass is 462 g/mol. The zero-order chi connectivity index (χ0) is 24.8. The maximum Gasteiger partial charge on any atom is 0.257 e. The van der Waals surface area contributed by atoms with E-state index >= 15 is 0 Å². The van der Waals surface area contributed by atoms with Crippen molar-refractivity contribution in [2.24, 2.45) is 0 Å². The molecule has 0 aliphatic carbocycles. The second-order valence-electron chi connectivity index (χ2n) is 8.94. The molecule has 2 aromatic carbocycles. The van der Waals surface area contributed by atoms with E-state index in [1.807, 2.05) is 80.7 Å². The first-order valence-corrected chi connectivity index (χ1v) is 12.1. The second-order valence-corrected chi connectivity index (χ2v) is 8.94. The number of benzene rings is 2. The molecule has 0 fully saturated rings. The third kappa shape index (κ3) is 5.55. The Kier molecular flexibility index (Phi) is 7.52. The maximum atomic E-state index is 13.7. The van der Waals surface area contributed by atoms with Gasteiger partial charge in [-0.3, -0.25) is 14.3 Å². The summed E-state index contributed by atoms with van der Waals surface area (Å²) in [7, 11) is 0. The number of pyridine rings is 1. The fraction of sp³-hybridized carbons (Fsp3) is 0.267. The van der Waals surface area contributed by atoms with Gasteiger partial charge in [0.25, 0.3) is 5.56 Å². The summed E-state index contributed by atoms with van der Waals surface area (Å²) in [4.78, 5) is 23.0. The molecule has 0 saturated carbocycles. The van der Waals surface area contributed by atoms with Crippen LogP contribution in [0.3, 0.4) is 0 Å². The lowest BCUT2D eigenvalue weighted by molar-refractivity contribution is 0.653. The lowest BCUT2D eigenvalue weighted by Gasteiger charge is -2.16. The Morgan fingerprint density at radius 1 is 1.00 bits per heavy atom. The van der Waals surface area contributed by atoms with E-state index in [1.165, 1.54) is 0 Å². The molecule has 0 saturated heterocycles. The number of nitriles is 1. The average molecular weight is 463 g/mol. The van der Waals surface area contributed by atoms with Gasteiger partial charge in [0.15, 0.2) is 0 Å². The Morgan fingerprint density at radius 3 is 2.46 bits per heavy atom. The summed E-state index contributed by atoms with van der Waals surface area (Å²) in [6.45, 7) is 6.45. The smallest absolute Gasteiger partial charge is 0.257 e. The Balaban J connectivity index is 1.68. The summed E-state index contributed by atoms with van der Waals surface area (Å²) < 4.78 is 1.74. The molecule has 0 aliphatic rings. The number of aromatic nitrogens is 3. The van der Waals surface area contributed by atoms with Gasteiger partial charge < -0.3 is 0 Å². The van der Waals surface area contributed by atoms with Crippen molar-refractivity contribution in [1.29, 1.82) is 5.26 Å². The lowest BCUT2D eigenvalue weighted by Crippen LogP contribution is -2.30. The van der Waals surface area contributed by atoms with Gasteiger partial charge in [-0.05, 0) is 61.1 Å². The van der Waals surface area contributed by atoms with Crippen molar-refractivity contribution in [3.05, 3.63) is 117 Å². The van der Waals surface area contributed by atoms with E-state index in [0.717, 1.165) is 64.3 Å². The van der Waals surface area contributed by atoms with Crippen molar-refractivity contribution in [3.63, 3.8) is 0 Å². The molecule has 35 heavy (non-hydrogen) atoms. The highest BCUT2D eigenvalue weighted by Crippen LogP contribution is 2.24. The summed E-state index contributed by atoms with van der Waals surface area (Å²) in [5, 5.41) is 9.43. The normalized spacial score (nSPS) is 10.8. The van der Waals surface area contributed by atoms with Gasteiger partial charge in [0.05, 0.1) is 29.6 Å². The van der Waals surface area contributed by atoms with Crippen molar-refractivity contribution in [1.82, 2.24) is 14.5 Å². The molecule has 0 radical (unpaired) electrons. The number of hydrogen-bond acceptors (Lipinski definition) is 4. The maximum absolute atomic E-state index is 13.7. The standard InChI is InChI=1S/C30H30N4O/c1-4-5-10-29-28(30(35)34(22(3)33-29)20-26-16-11-21(2)19-32-26)17-23-12-14-24(15-13-23)27-9-7-6-8-25(27)18-31/h6-9,11-16,19H,4-5,10,17,20H2,1-3H3. The third-order valence-corrected chi connectivity index (χ3v) is 6.29. The SMILES string of the molecule is CCCCc1nc(C)n(Cc2ccc(C)cn2)c(=O)c1Cc1ccc(-c2ccccc2C#N)cc1. The fourth-order valence-corrected chi connectivity index (χ4v) is 4.26. The highest BCUT2D eigenvalue weighted by Gasteiger charge is 2.16. The molecule has 0 atom stereocenters. The van der Waals surface area contributed by atoms with Gasteiger partial charge in [-0.25, -0.2) is 4.98 Å². The molecule has 5 heteroatoms. The van der Waals surface area contributed by atoms with Crippen LogP contribution in [0.25, 0.3) is 11.1 Å². The molecule has 2 aromatic heterocycles. The van der Waals surface area contributed by atoms with Crippen LogP contribution >= 0.6 is 0 Å². The van der Waals surface area contributed by atoms with Crippen LogP contribution < -0.4 is 5.56 Å². The number of unbranched alkanes of at least 4 members (excludes halogenated alkanes) is 1. The number of aryl methyl sites for hydroxylation is 3. The van der Waals surface area contributed by atoms with Gasteiger partial charge in [0.2, 0.25) is 0 Å². The van der Waals surface area contributed by atoms with Crippen LogP contribution in [-0.2, 0) is 19.4 Å². The molecule has 0 N–H and O–H groups in total. The summed E-state index contributed by atoms with van der Waals surface area (Å²) >= 11 is 0. The Hall–Kier alpha value is -4.04. The van der Waals surface area contributed by atoms with Crippen molar-refractivity contribution in [3.8, 4) is 17.2 Å². The van der Waals surface area contributed by atoms with Gasteiger partial charge in [-0.1, -0.05) is 61.9 Å². The molecule has 4 aromatic rings. The first-order valence-electron chi connectivity index (χ1n) is 12.1. The third-order valence-electron chi connectivity index (χ3n) is 6.29. The van der Waals surface area contributed by atoms with Crippen LogP contribution in [0.4, 0.5) is 0 Å². The number of nitrogens with zero attached hydrogens (tertiary/aromatic N) is 4. The zero-order valence-electron chi connectivity index (χ0n) is 20.6. The summed E-state index contributed by atoms with van der Waals surface area (Å²) in [5.41, 5.74) is 7.17. The van der Waals surface area contributed by atoms with Crippen molar-refractivity contribution in [2.45, 2.75) is 53.0 Å². The molecule has 0 amide bonds. The van der Waals surface area contributed by atoms with Crippen molar-refractivity contribution < 1.29 is 0 Å². The molecule has 0 bridgehead atoms. The first kappa shape index (κ1) is 24.1. The molecular formula is C30H30N4O. The van der Waals surface area contributed by atoms with E-state index in [2.05, 4.69) is 18.0 Å². The predicted octanol–water partition coefficient (Wildman–Crippen LogP) is 5.78. The minimum atomic E-state index is 0.00452. The molecular weight excluding hydrogens is 432 g/mol. The Labute approximate surface area is 206 Å². The zero-order valence-corrected chi connectivity index (χ0v) is 20.6. The van der Waals surface area contributed by atoms with Crippen LogP contribution in [0.1, 0.15) is 59.2 Å². The van der Waals surface area contributed by atoms with Crippen LogP contribution in [0.2, 0.25) is 0 Å². The minimum absolute atomic E-state index is 0.00452. The van der Waals surface area contributed by atoms with Crippen LogP contribution in [0, 0.1) is 25.2 Å². The number of hydrogen-bond donors (Lipinski definition) is 0. The predicted molar refractivity (Wildman–Crippen MR) is 139 cm³/mol. The molecule has 4 rings (SSSR count). The van der Waals surface area contributed by atoms with E-state index in [9.17, 15) is 10.1 Å². The van der Waals surface area contributed by atoms with Crippen LogP contribution in [0.5, 0.6) is 0 Å². The highest BCUT2D eigenvalue weighted by molar-refractivity contribution is 5.70. The first-order chi connectivity index (χ1) is 17.0. The largest absolute Gasteiger partial charge is 0.291 e. The molecule has 0 unspecified atom stereocenters. The van der Waals surface area contributed by atoms with Gasteiger partial charge in [0.1, 0.15) is 5.82 Å². The molecule has 0 aliphatic heterocycles. The highest BCUT2D eigenvalue weighted by atomic mass is 16.1. The van der Waals surface area contributed by atoms with E-state index in [-0.39, 0.29) is 5.56 Å². The molecule has 5 nitrogen and oxygen atoms in total. The topological polar surface area (TPSA) is 71.6 Å². The lowest BCUT2D eigenvalue weighted by atomic mass is 9.97. The van der Waals surface area contributed by atoms with E-state index < -0.39 is 0 Å². The van der Waals surface area contributed by atoms with Crippen molar-refractivity contribution >= 4 is 0 Å². The second kappa shape index (κ2) is 10.9. The Morgan fingerprint density at radius 2 is 1.77 bits per heavy atom. The minimum Gasteiger partial charge on any atom is -0.291 e. The summed E-state index contributed by atoms with van der Waals surface area (Å²) in [6.07, 6.45) is 5.17. The van der Waals surface area contributed by atoms with Crippen molar-refractivity contribution in [2.75, 3.05) is 0 Å². The molecule has 0 spiro atoms. The average Bonchev–Trinajstić information content (AvgIpc) is 2.88. The summed E-state index contributed by atoms with van der Waals surface area (Å²) in [5.74, 6) is 0.718. The van der Waals surface area contributed by atoms with E-state index in [0.29, 0.717) is 18.5 Å². The van der Waals surface area contributed by atoms with Crippen LogP contribution in [0.15, 0.2) is 71.7 Å². The van der Waals surface area contributed by atoms with Gasteiger partial charge in [0, 0.05) is 18.2 Å². The van der Waals surface area contributed by atoms with Crippen LogP contribution in [-0.4, -0.2) is 14.5 Å².